The highest BCUT2D eigenvalue weighted by Crippen LogP contribution is 2.41. The summed E-state index contributed by atoms with van der Waals surface area (Å²) in [7, 11) is 0. The summed E-state index contributed by atoms with van der Waals surface area (Å²) >= 11 is 1.47. The van der Waals surface area contributed by atoms with Gasteiger partial charge in [-0.05, 0) is 123 Å². The fourth-order valence-electron chi connectivity index (χ4n) is 15.1. The maximum absolute atomic E-state index is 15.8. The zero-order chi connectivity index (χ0) is 71.4. The van der Waals surface area contributed by atoms with Gasteiger partial charge in [-0.15, -0.1) is 11.3 Å². The fourth-order valence-corrected chi connectivity index (χ4v) is 15.9. The Hall–Kier alpha value is -7.98. The molecule has 3 aromatic carbocycles. The molecule has 0 unspecified atom stereocenters. The standard InChI is InChI=1S/C74H98F3N15O8S/c1-47-66(101-46-84-47)50-11-12-51(35-81-68(97)59-30-55(93)41-92(59)69(98)67(71(2,3)4)85-70(99)74(77)14-15-74)60(29-50)100-43-65(96)78-20-8-21-88-37-53-39-89(40-54(53)38-88)22-13-63(94)80-34-49-10-7-9-48(27-49)33-79-61-32-62(83-45-82-61)90-25-18-73(19-26-90)44-91(42-64(95)86-73)58-31-56(75)52(28-57(58)76)36-87-23-16-72(5,6)17-24-87/h7,9-12,27-29,31-32,45-46,53-55,59,67,93H,8,13-26,30,33-44H2,1-6H3,(H,78,96)(H,80,94)(H,81,97)(H,85,99)(H,86,95)(H,79,82,83)/t53-,54+,55-,59+,67-/m1/s1. The Kier molecular flexibility index (Phi) is 22.3. The van der Waals surface area contributed by atoms with Gasteiger partial charge in [0.2, 0.25) is 23.6 Å². The lowest BCUT2D eigenvalue weighted by molar-refractivity contribution is -0.145. The van der Waals surface area contributed by atoms with Crippen molar-refractivity contribution in [2.45, 2.75) is 155 Å². The predicted octanol–water partition coefficient (Wildman–Crippen LogP) is 6.46. The van der Waals surface area contributed by atoms with Crippen molar-refractivity contribution in [3.8, 4) is 16.2 Å². The van der Waals surface area contributed by atoms with Crippen molar-refractivity contribution < 1.29 is 51.8 Å². The van der Waals surface area contributed by atoms with Crippen LogP contribution in [0.1, 0.15) is 120 Å². The van der Waals surface area contributed by atoms with Gasteiger partial charge in [0.1, 0.15) is 47.4 Å². The molecule has 12 rings (SSSR count). The number of piperidine rings is 2. The van der Waals surface area contributed by atoms with Gasteiger partial charge in [0.05, 0.1) is 40.0 Å². The number of aliphatic hydroxyl groups is 1. The first kappa shape index (κ1) is 72.8. The SMILES string of the molecule is Cc1ncsc1-c1ccc(CNC(=O)[C@@H]2C[C@@H](O)CN2C(=O)[C@@H](NC(=O)C2(F)CC2)C(C)(C)C)c(OCC(=O)NCCCN2C[C@@H]3CN(CCC(=O)NCc4cccc(CNc5cc(N6CCC7(CC6)CN(c6cc(F)c(CN8CCC(C)(C)CC8)cc6F)CC(=O)N7)ncn5)c4)C[C@@H]3C2)c1. The van der Waals surface area contributed by atoms with Crippen LogP contribution in [-0.2, 0) is 54.9 Å². The molecule has 6 saturated heterocycles. The van der Waals surface area contributed by atoms with Gasteiger partial charge < -0.3 is 66.2 Å². The lowest BCUT2D eigenvalue weighted by Gasteiger charge is -2.48. The lowest BCUT2D eigenvalue weighted by Crippen LogP contribution is -2.66. The molecule has 5 aromatic rings. The number of carbonyl (C=O) groups is 6. The number of aliphatic hydroxyl groups excluding tert-OH is 1. The Morgan fingerprint density at radius 2 is 1.50 bits per heavy atom. The lowest BCUT2D eigenvalue weighted by atomic mass is 9.82. The summed E-state index contributed by atoms with van der Waals surface area (Å²) < 4.78 is 52.3. The number of aryl methyl sites for hydroxylation is 1. The molecule has 27 heteroatoms. The number of hydrogen-bond donors (Lipinski definition) is 7. The zero-order valence-corrected chi connectivity index (χ0v) is 59.8. The molecule has 23 nitrogen and oxygen atoms in total. The number of nitrogens with one attached hydrogen (secondary N) is 6. The molecule has 0 radical (unpaired) electrons. The zero-order valence-electron chi connectivity index (χ0n) is 59.0. The van der Waals surface area contributed by atoms with E-state index in [1.54, 1.807) is 31.2 Å². The van der Waals surface area contributed by atoms with E-state index in [1.165, 1.54) is 34.7 Å². The van der Waals surface area contributed by atoms with Crippen molar-refractivity contribution in [2.75, 3.05) is 113 Å². The highest BCUT2D eigenvalue weighted by molar-refractivity contribution is 7.13. The van der Waals surface area contributed by atoms with Gasteiger partial charge in [-0.3, -0.25) is 33.7 Å². The molecule has 7 aliphatic rings. The smallest absolute Gasteiger partial charge is 0.258 e. The van der Waals surface area contributed by atoms with Crippen LogP contribution >= 0.6 is 11.3 Å². The van der Waals surface area contributed by atoms with Gasteiger partial charge in [-0.25, -0.2) is 28.1 Å². The van der Waals surface area contributed by atoms with Gasteiger partial charge in [0.15, 0.2) is 12.3 Å². The second kappa shape index (κ2) is 30.9. The van der Waals surface area contributed by atoms with Crippen LogP contribution in [0.15, 0.2) is 72.5 Å². The molecule has 2 aromatic heterocycles. The molecule has 5 atom stereocenters. The Morgan fingerprint density at radius 1 is 0.772 bits per heavy atom. The minimum Gasteiger partial charge on any atom is -0.483 e. The average molecular weight is 1410 g/mol. The molecule has 8 heterocycles. The van der Waals surface area contributed by atoms with Gasteiger partial charge in [0, 0.05) is 128 Å². The number of piperazine rings is 1. The highest BCUT2D eigenvalue weighted by Gasteiger charge is 2.54. The molecule has 1 saturated carbocycles. The highest BCUT2D eigenvalue weighted by atomic mass is 32.1. The van der Waals surface area contributed by atoms with E-state index in [0.717, 1.165) is 98.2 Å². The predicted molar refractivity (Wildman–Crippen MR) is 379 cm³/mol. The quantitative estimate of drug-likeness (QED) is 0.0293. The number of halogens is 3. The van der Waals surface area contributed by atoms with Crippen molar-refractivity contribution in [3.63, 3.8) is 0 Å². The number of anilines is 3. The maximum Gasteiger partial charge on any atom is 0.258 e. The van der Waals surface area contributed by atoms with E-state index in [2.05, 4.69) is 86.4 Å². The van der Waals surface area contributed by atoms with E-state index in [1.807, 2.05) is 49.4 Å². The van der Waals surface area contributed by atoms with E-state index in [-0.39, 0.29) is 74.3 Å². The van der Waals surface area contributed by atoms with E-state index in [4.69, 9.17) is 4.74 Å². The normalized spacial score (nSPS) is 22.2. The third kappa shape index (κ3) is 18.3. The number of benzene rings is 3. The van der Waals surface area contributed by atoms with Crippen LogP contribution < -0.4 is 46.4 Å². The number of carbonyl (C=O) groups excluding carboxylic acids is 6. The van der Waals surface area contributed by atoms with Crippen molar-refractivity contribution in [3.05, 3.63) is 112 Å². The van der Waals surface area contributed by atoms with Crippen molar-refractivity contribution in [1.29, 1.82) is 0 Å². The molecule has 0 bridgehead atoms. The second-order valence-corrected chi connectivity index (χ2v) is 31.8. The topological polar surface area (TPSA) is 262 Å². The van der Waals surface area contributed by atoms with Crippen LogP contribution in [0.4, 0.5) is 30.5 Å². The number of thiazole rings is 1. The Labute approximate surface area is 593 Å². The number of amides is 6. The number of ether oxygens (including phenoxy) is 1. The van der Waals surface area contributed by atoms with E-state index in [0.29, 0.717) is 106 Å². The third-order valence-corrected chi connectivity index (χ3v) is 22.4. The van der Waals surface area contributed by atoms with Crippen LogP contribution in [-0.4, -0.2) is 203 Å². The summed E-state index contributed by atoms with van der Waals surface area (Å²) in [5.74, 6) is -0.624. The molecule has 7 fully saturated rings. The van der Waals surface area contributed by atoms with Crippen LogP contribution in [0.5, 0.6) is 5.75 Å². The largest absolute Gasteiger partial charge is 0.483 e. The Morgan fingerprint density at radius 3 is 2.20 bits per heavy atom. The number of nitrogens with zero attached hydrogens (tertiary/aromatic N) is 9. The van der Waals surface area contributed by atoms with Crippen LogP contribution in [0.3, 0.4) is 0 Å². The summed E-state index contributed by atoms with van der Waals surface area (Å²) in [5, 5.41) is 28.9. The first-order valence-corrected chi connectivity index (χ1v) is 36.7. The van der Waals surface area contributed by atoms with Gasteiger partial charge in [-0.1, -0.05) is 71.0 Å². The summed E-state index contributed by atoms with van der Waals surface area (Å²) in [5.41, 5.74) is 3.28. The van der Waals surface area contributed by atoms with E-state index in [9.17, 15) is 38.3 Å². The van der Waals surface area contributed by atoms with Crippen molar-refractivity contribution >= 4 is 64.1 Å². The Balaban J connectivity index is 0.534. The molecule has 544 valence electrons. The van der Waals surface area contributed by atoms with Gasteiger partial charge in [0.25, 0.3) is 11.8 Å². The average Bonchev–Trinajstić information content (AvgIpc) is 1.77. The van der Waals surface area contributed by atoms with Gasteiger partial charge in [-0.2, -0.15) is 0 Å². The molecule has 101 heavy (non-hydrogen) atoms. The summed E-state index contributed by atoms with van der Waals surface area (Å²) in [6, 6.07) is 15.9. The molecule has 6 amide bonds. The monoisotopic (exact) mass is 1410 g/mol. The van der Waals surface area contributed by atoms with E-state index < -0.39 is 64.2 Å². The van der Waals surface area contributed by atoms with Crippen molar-refractivity contribution in [1.82, 2.24) is 61.1 Å². The third-order valence-electron chi connectivity index (χ3n) is 21.4. The van der Waals surface area contributed by atoms with Gasteiger partial charge >= 0.3 is 0 Å². The minimum absolute atomic E-state index is 0.00116. The molecule has 6 aliphatic heterocycles. The Bertz CT molecular complexity index is 3820. The number of hydrogen-bond acceptors (Lipinski definition) is 18. The van der Waals surface area contributed by atoms with Crippen LogP contribution in [0.25, 0.3) is 10.4 Å². The summed E-state index contributed by atoms with van der Waals surface area (Å²) in [6.07, 6.45) is 5.06. The summed E-state index contributed by atoms with van der Waals surface area (Å²) in [6.45, 7) is 21.4. The fraction of sp³-hybridized carbons (Fsp3) is 0.581. The number of likely N-dealkylation sites (tertiary alicyclic amines) is 4. The molecule has 1 aliphatic carbocycles. The van der Waals surface area contributed by atoms with Crippen molar-refractivity contribution in [2.24, 2.45) is 22.7 Å². The number of fused-ring (bicyclic) bond motifs is 1. The van der Waals surface area contributed by atoms with Crippen LogP contribution in [0, 0.1) is 41.2 Å². The van der Waals surface area contributed by atoms with Crippen LogP contribution in [0.2, 0.25) is 0 Å². The number of aromatic nitrogens is 3. The number of β-amino-alcohol motifs (C(OH)–C–C–N with tert-alkyl or cyclic N) is 1. The maximum atomic E-state index is 15.8. The first-order valence-electron chi connectivity index (χ1n) is 35.8. The molecule has 1 spiro atoms. The minimum atomic E-state index is -2.00. The molecular weight excluding hydrogens is 1320 g/mol. The number of rotatable bonds is 26. The summed E-state index contributed by atoms with van der Waals surface area (Å²) in [4.78, 5) is 107. The van der Waals surface area contributed by atoms with E-state index >= 15 is 8.78 Å². The first-order chi connectivity index (χ1) is 48.2. The molecular formula is C74H98F3N15O8S. The molecule has 7 N–H and O–H groups in total. The number of alkyl halides is 1. The second-order valence-electron chi connectivity index (χ2n) is 30.9.